The van der Waals surface area contributed by atoms with Crippen molar-refractivity contribution in [3.8, 4) is 11.5 Å². The molecule has 0 fully saturated rings. The van der Waals surface area contributed by atoms with Gasteiger partial charge in [-0.05, 0) is 36.4 Å². The fourth-order valence-corrected chi connectivity index (χ4v) is 2.43. The SMILES string of the molecule is COC(=O)c1ccc(CSCCOc2ccc(OC)cc2)o1. The highest BCUT2D eigenvalue weighted by molar-refractivity contribution is 7.98. The number of ether oxygens (including phenoxy) is 3. The van der Waals surface area contributed by atoms with Crippen molar-refractivity contribution in [1.29, 1.82) is 0 Å². The van der Waals surface area contributed by atoms with Crippen LogP contribution in [0.4, 0.5) is 0 Å². The molecule has 2 rings (SSSR count). The Morgan fingerprint density at radius 3 is 2.50 bits per heavy atom. The Labute approximate surface area is 133 Å². The molecule has 0 unspecified atom stereocenters. The van der Waals surface area contributed by atoms with Crippen LogP contribution >= 0.6 is 11.8 Å². The molecule has 0 N–H and O–H groups in total. The average Bonchev–Trinajstić information content (AvgIpc) is 3.03. The summed E-state index contributed by atoms with van der Waals surface area (Å²) in [5.74, 6) is 3.64. The summed E-state index contributed by atoms with van der Waals surface area (Å²) < 4.78 is 20.7. The first kappa shape index (κ1) is 16.3. The highest BCUT2D eigenvalue weighted by atomic mass is 32.2. The standard InChI is InChI=1S/C16H18O5S/c1-18-12-3-5-13(6-4-12)20-9-10-22-11-14-7-8-15(21-14)16(17)19-2/h3-8H,9-11H2,1-2H3. The van der Waals surface area contributed by atoms with E-state index in [1.54, 1.807) is 31.0 Å². The maximum absolute atomic E-state index is 11.3. The third kappa shape index (κ3) is 4.73. The molecule has 1 aromatic heterocycles. The number of carbonyl (C=O) groups is 1. The van der Waals surface area contributed by atoms with Gasteiger partial charge >= 0.3 is 5.97 Å². The molecule has 5 nitrogen and oxygen atoms in total. The van der Waals surface area contributed by atoms with Gasteiger partial charge in [0, 0.05) is 5.75 Å². The van der Waals surface area contributed by atoms with Gasteiger partial charge < -0.3 is 18.6 Å². The van der Waals surface area contributed by atoms with E-state index in [1.807, 2.05) is 24.3 Å². The predicted octanol–water partition coefficient (Wildman–Crippen LogP) is 3.39. The smallest absolute Gasteiger partial charge is 0.373 e. The third-order valence-corrected chi connectivity index (χ3v) is 3.79. The van der Waals surface area contributed by atoms with E-state index < -0.39 is 5.97 Å². The van der Waals surface area contributed by atoms with E-state index in [2.05, 4.69) is 4.74 Å². The number of esters is 1. The van der Waals surface area contributed by atoms with E-state index in [0.717, 1.165) is 23.0 Å². The molecule has 0 saturated heterocycles. The quantitative estimate of drug-likeness (QED) is 0.548. The zero-order valence-corrected chi connectivity index (χ0v) is 13.4. The Morgan fingerprint density at radius 1 is 1.09 bits per heavy atom. The minimum absolute atomic E-state index is 0.229. The third-order valence-electron chi connectivity index (χ3n) is 2.85. The Balaban J connectivity index is 1.66. The topological polar surface area (TPSA) is 57.9 Å². The summed E-state index contributed by atoms with van der Waals surface area (Å²) in [6, 6.07) is 10.9. The van der Waals surface area contributed by atoms with Crippen molar-refractivity contribution in [2.75, 3.05) is 26.6 Å². The maximum Gasteiger partial charge on any atom is 0.373 e. The lowest BCUT2D eigenvalue weighted by molar-refractivity contribution is 0.0563. The largest absolute Gasteiger partial charge is 0.497 e. The van der Waals surface area contributed by atoms with Crippen LogP contribution in [-0.2, 0) is 10.5 Å². The summed E-state index contributed by atoms with van der Waals surface area (Å²) in [6.45, 7) is 0.599. The highest BCUT2D eigenvalue weighted by Gasteiger charge is 2.10. The van der Waals surface area contributed by atoms with Crippen LogP contribution in [-0.4, -0.2) is 32.5 Å². The molecule has 0 radical (unpaired) electrons. The molecule has 2 aromatic rings. The van der Waals surface area contributed by atoms with Gasteiger partial charge in [0.25, 0.3) is 0 Å². The zero-order chi connectivity index (χ0) is 15.8. The minimum atomic E-state index is -0.459. The normalized spacial score (nSPS) is 10.3. The molecule has 0 aliphatic rings. The second kappa shape index (κ2) is 8.38. The average molecular weight is 322 g/mol. The number of rotatable bonds is 8. The van der Waals surface area contributed by atoms with Crippen molar-refractivity contribution in [3.05, 3.63) is 47.9 Å². The first-order chi connectivity index (χ1) is 10.7. The molecule has 0 atom stereocenters. The van der Waals surface area contributed by atoms with Crippen molar-refractivity contribution in [1.82, 2.24) is 0 Å². The Kier molecular flexibility index (Phi) is 6.21. The molecule has 0 aliphatic heterocycles. The van der Waals surface area contributed by atoms with E-state index >= 15 is 0 Å². The van der Waals surface area contributed by atoms with E-state index in [0.29, 0.717) is 12.4 Å². The molecule has 118 valence electrons. The van der Waals surface area contributed by atoms with Gasteiger partial charge in [-0.1, -0.05) is 0 Å². The number of hydrogen-bond donors (Lipinski definition) is 0. The molecule has 6 heteroatoms. The van der Waals surface area contributed by atoms with Crippen LogP contribution in [0.1, 0.15) is 16.3 Å². The summed E-state index contributed by atoms with van der Waals surface area (Å²) in [6.07, 6.45) is 0. The van der Waals surface area contributed by atoms with Gasteiger partial charge in [0.1, 0.15) is 17.3 Å². The molecular weight excluding hydrogens is 304 g/mol. The molecule has 0 amide bonds. The van der Waals surface area contributed by atoms with Crippen molar-refractivity contribution in [2.45, 2.75) is 5.75 Å². The molecule has 0 bridgehead atoms. The number of hydrogen-bond acceptors (Lipinski definition) is 6. The van der Waals surface area contributed by atoms with Crippen LogP contribution in [0.3, 0.4) is 0 Å². The lowest BCUT2D eigenvalue weighted by Crippen LogP contribution is -2.00. The van der Waals surface area contributed by atoms with Crippen LogP contribution in [0.15, 0.2) is 40.8 Å². The number of carbonyl (C=O) groups excluding carboxylic acids is 1. The second-order valence-electron chi connectivity index (χ2n) is 4.33. The van der Waals surface area contributed by atoms with Crippen molar-refractivity contribution in [2.24, 2.45) is 0 Å². The summed E-state index contributed by atoms with van der Waals surface area (Å²) in [5, 5.41) is 0. The lowest BCUT2D eigenvalue weighted by Gasteiger charge is -2.06. The highest BCUT2D eigenvalue weighted by Crippen LogP contribution is 2.19. The van der Waals surface area contributed by atoms with Crippen molar-refractivity contribution in [3.63, 3.8) is 0 Å². The Hall–Kier alpha value is -2.08. The maximum atomic E-state index is 11.3. The summed E-state index contributed by atoms with van der Waals surface area (Å²) >= 11 is 1.67. The van der Waals surface area contributed by atoms with Crippen LogP contribution in [0.2, 0.25) is 0 Å². The number of furan rings is 1. The van der Waals surface area contributed by atoms with Gasteiger partial charge in [0.2, 0.25) is 5.76 Å². The zero-order valence-electron chi connectivity index (χ0n) is 12.5. The van der Waals surface area contributed by atoms with Gasteiger partial charge in [-0.15, -0.1) is 0 Å². The van der Waals surface area contributed by atoms with E-state index in [-0.39, 0.29) is 5.76 Å². The van der Waals surface area contributed by atoms with Crippen LogP contribution in [0.25, 0.3) is 0 Å². The van der Waals surface area contributed by atoms with E-state index in [4.69, 9.17) is 13.9 Å². The van der Waals surface area contributed by atoms with E-state index in [9.17, 15) is 4.79 Å². The van der Waals surface area contributed by atoms with Crippen molar-refractivity contribution < 1.29 is 23.4 Å². The number of benzene rings is 1. The predicted molar refractivity (Wildman–Crippen MR) is 84.7 cm³/mol. The fourth-order valence-electron chi connectivity index (χ4n) is 1.73. The summed E-state index contributed by atoms with van der Waals surface area (Å²) in [5.41, 5.74) is 0. The fraction of sp³-hybridized carbons (Fsp3) is 0.312. The molecule has 1 heterocycles. The van der Waals surface area contributed by atoms with Gasteiger partial charge in [0.05, 0.1) is 26.6 Å². The Bertz CT molecular complexity index is 591. The van der Waals surface area contributed by atoms with E-state index in [1.165, 1.54) is 7.11 Å². The molecule has 0 aliphatic carbocycles. The summed E-state index contributed by atoms with van der Waals surface area (Å²) in [4.78, 5) is 11.3. The summed E-state index contributed by atoms with van der Waals surface area (Å²) in [7, 11) is 2.96. The monoisotopic (exact) mass is 322 g/mol. The lowest BCUT2D eigenvalue weighted by atomic mass is 10.3. The first-order valence-electron chi connectivity index (χ1n) is 6.74. The molecule has 22 heavy (non-hydrogen) atoms. The van der Waals surface area contributed by atoms with Gasteiger partial charge in [0.15, 0.2) is 0 Å². The minimum Gasteiger partial charge on any atom is -0.497 e. The molecule has 0 spiro atoms. The van der Waals surface area contributed by atoms with Crippen molar-refractivity contribution >= 4 is 17.7 Å². The Morgan fingerprint density at radius 2 is 1.82 bits per heavy atom. The second-order valence-corrected chi connectivity index (χ2v) is 5.44. The van der Waals surface area contributed by atoms with Gasteiger partial charge in [-0.3, -0.25) is 0 Å². The molecule has 0 saturated carbocycles. The van der Waals surface area contributed by atoms with Crippen LogP contribution in [0, 0.1) is 0 Å². The van der Waals surface area contributed by atoms with Gasteiger partial charge in [-0.2, -0.15) is 11.8 Å². The number of thioether (sulfide) groups is 1. The van der Waals surface area contributed by atoms with Crippen LogP contribution in [0.5, 0.6) is 11.5 Å². The number of methoxy groups -OCH3 is 2. The first-order valence-corrected chi connectivity index (χ1v) is 7.90. The van der Waals surface area contributed by atoms with Gasteiger partial charge in [-0.25, -0.2) is 4.79 Å². The molecule has 1 aromatic carbocycles. The van der Waals surface area contributed by atoms with Crippen LogP contribution < -0.4 is 9.47 Å². The molecular formula is C16H18O5S.